The van der Waals surface area contributed by atoms with Crippen molar-refractivity contribution in [3.8, 4) is 5.75 Å². The van der Waals surface area contributed by atoms with Crippen LogP contribution in [-0.2, 0) is 6.61 Å². The van der Waals surface area contributed by atoms with Gasteiger partial charge >= 0.3 is 0 Å². The highest BCUT2D eigenvalue weighted by Gasteiger charge is 2.01. The van der Waals surface area contributed by atoms with Crippen molar-refractivity contribution < 1.29 is 9.94 Å². The van der Waals surface area contributed by atoms with Crippen molar-refractivity contribution in [2.45, 2.75) is 6.61 Å². The maximum Gasteiger partial charge on any atom is 0.143 e. The van der Waals surface area contributed by atoms with Crippen LogP contribution in [0.4, 0.5) is 5.82 Å². The first-order chi connectivity index (χ1) is 7.25. The summed E-state index contributed by atoms with van der Waals surface area (Å²) in [5, 5.41) is 9.15. The summed E-state index contributed by atoms with van der Waals surface area (Å²) >= 11 is 0. The monoisotopic (exact) mass is 204 g/mol. The molecule has 1 heterocycles. The van der Waals surface area contributed by atoms with Crippen LogP contribution in [-0.4, -0.2) is 9.84 Å². The van der Waals surface area contributed by atoms with E-state index in [2.05, 4.69) is 0 Å². The van der Waals surface area contributed by atoms with Crippen molar-refractivity contribution >= 4 is 5.82 Å². The first-order valence-electron chi connectivity index (χ1n) is 4.60. The lowest BCUT2D eigenvalue weighted by Crippen LogP contribution is -2.12. The molecule has 0 amide bonds. The van der Waals surface area contributed by atoms with Crippen molar-refractivity contribution in [2.75, 3.05) is 5.73 Å². The molecule has 0 saturated heterocycles. The smallest absolute Gasteiger partial charge is 0.143 e. The maximum absolute atomic E-state index is 9.15. The van der Waals surface area contributed by atoms with E-state index in [1.54, 1.807) is 0 Å². The Hall–Kier alpha value is -2.10. The molecule has 0 aliphatic heterocycles. The first kappa shape index (κ1) is 9.45. The number of aromatic hydroxyl groups is 1. The second kappa shape index (κ2) is 3.96. The van der Waals surface area contributed by atoms with Gasteiger partial charge in [0.25, 0.3) is 0 Å². The Morgan fingerprint density at radius 3 is 2.60 bits per heavy atom. The first-order valence-corrected chi connectivity index (χ1v) is 4.60. The number of nitrogen functional groups attached to an aromatic ring is 1. The lowest BCUT2D eigenvalue weighted by molar-refractivity contribution is 0.102. The molecule has 0 saturated carbocycles. The van der Waals surface area contributed by atoms with E-state index in [-0.39, 0.29) is 5.75 Å². The summed E-state index contributed by atoms with van der Waals surface area (Å²) in [4.78, 5) is 5.38. The summed E-state index contributed by atoms with van der Waals surface area (Å²) in [6.45, 7) is 0.416. The van der Waals surface area contributed by atoms with Gasteiger partial charge in [0.1, 0.15) is 18.2 Å². The van der Waals surface area contributed by atoms with Gasteiger partial charge in [0.05, 0.1) is 6.20 Å². The minimum Gasteiger partial charge on any atom is -0.506 e. The third-order valence-corrected chi connectivity index (χ3v) is 2.01. The van der Waals surface area contributed by atoms with Crippen LogP contribution in [0.15, 0.2) is 42.6 Å². The van der Waals surface area contributed by atoms with Crippen LogP contribution in [0.1, 0.15) is 5.56 Å². The van der Waals surface area contributed by atoms with E-state index < -0.39 is 0 Å². The minimum absolute atomic E-state index is 0.0977. The number of benzene rings is 1. The van der Waals surface area contributed by atoms with Crippen molar-refractivity contribution in [1.29, 1.82) is 0 Å². The van der Waals surface area contributed by atoms with Crippen LogP contribution >= 0.6 is 0 Å². The zero-order valence-corrected chi connectivity index (χ0v) is 8.13. The molecule has 0 atom stereocenters. The SMILES string of the molecule is Nc1cc(O)cn1OCc1ccccc1. The van der Waals surface area contributed by atoms with E-state index in [1.807, 2.05) is 30.3 Å². The zero-order chi connectivity index (χ0) is 10.7. The van der Waals surface area contributed by atoms with E-state index in [4.69, 9.17) is 15.7 Å². The Balaban J connectivity index is 2.02. The molecule has 2 rings (SSSR count). The molecule has 0 spiro atoms. The summed E-state index contributed by atoms with van der Waals surface area (Å²) in [6, 6.07) is 11.2. The number of rotatable bonds is 3. The highest BCUT2D eigenvalue weighted by atomic mass is 16.7. The molecule has 0 radical (unpaired) electrons. The summed E-state index contributed by atoms with van der Waals surface area (Å²) < 4.78 is 1.35. The fraction of sp³-hybridized carbons (Fsp3) is 0.0909. The van der Waals surface area contributed by atoms with Gasteiger partial charge in [-0.05, 0) is 5.56 Å². The fourth-order valence-corrected chi connectivity index (χ4v) is 1.28. The molecule has 3 N–H and O–H groups in total. The van der Waals surface area contributed by atoms with Gasteiger partial charge in [-0.25, -0.2) is 0 Å². The summed E-state index contributed by atoms with van der Waals surface area (Å²) in [7, 11) is 0. The van der Waals surface area contributed by atoms with Crippen LogP contribution < -0.4 is 10.6 Å². The fourth-order valence-electron chi connectivity index (χ4n) is 1.28. The van der Waals surface area contributed by atoms with Crippen molar-refractivity contribution in [3.63, 3.8) is 0 Å². The van der Waals surface area contributed by atoms with Crippen molar-refractivity contribution in [3.05, 3.63) is 48.2 Å². The molecular formula is C11H12N2O2. The van der Waals surface area contributed by atoms with Crippen molar-refractivity contribution in [1.82, 2.24) is 4.73 Å². The van der Waals surface area contributed by atoms with Crippen LogP contribution in [0.25, 0.3) is 0 Å². The number of aromatic nitrogens is 1. The zero-order valence-electron chi connectivity index (χ0n) is 8.13. The van der Waals surface area contributed by atoms with E-state index in [0.29, 0.717) is 12.4 Å². The van der Waals surface area contributed by atoms with E-state index >= 15 is 0 Å². The van der Waals surface area contributed by atoms with Gasteiger partial charge in [-0.3, -0.25) is 0 Å². The molecule has 4 heteroatoms. The lowest BCUT2D eigenvalue weighted by Gasteiger charge is -2.07. The van der Waals surface area contributed by atoms with Gasteiger partial charge in [-0.1, -0.05) is 30.3 Å². The molecule has 0 aliphatic carbocycles. The third-order valence-electron chi connectivity index (χ3n) is 2.01. The topological polar surface area (TPSA) is 60.4 Å². The summed E-state index contributed by atoms with van der Waals surface area (Å²) in [6.07, 6.45) is 1.43. The number of anilines is 1. The Kier molecular flexibility index (Phi) is 2.49. The van der Waals surface area contributed by atoms with Crippen LogP contribution in [0.3, 0.4) is 0 Å². The second-order valence-electron chi connectivity index (χ2n) is 3.21. The third kappa shape index (κ3) is 2.22. The van der Waals surface area contributed by atoms with Gasteiger partial charge in [0.15, 0.2) is 0 Å². The van der Waals surface area contributed by atoms with Crippen LogP contribution in [0.5, 0.6) is 5.75 Å². The summed E-state index contributed by atoms with van der Waals surface area (Å²) in [5.74, 6) is 0.476. The molecule has 0 fully saturated rings. The van der Waals surface area contributed by atoms with Gasteiger partial charge in [-0.2, -0.15) is 4.73 Å². The molecule has 1 aromatic heterocycles. The van der Waals surface area contributed by atoms with Gasteiger partial charge < -0.3 is 15.7 Å². The Bertz CT molecular complexity index is 437. The number of hydrogen-bond acceptors (Lipinski definition) is 3. The average Bonchev–Trinajstić information content (AvgIpc) is 2.56. The molecule has 2 aromatic rings. The predicted molar refractivity (Wildman–Crippen MR) is 57.2 cm³/mol. The molecule has 0 unspecified atom stereocenters. The molecule has 78 valence electrons. The quantitative estimate of drug-likeness (QED) is 0.794. The summed E-state index contributed by atoms with van der Waals surface area (Å²) in [5.41, 5.74) is 6.63. The molecule has 1 aromatic carbocycles. The Morgan fingerprint density at radius 2 is 2.00 bits per heavy atom. The van der Waals surface area contributed by atoms with E-state index in [1.165, 1.54) is 17.0 Å². The van der Waals surface area contributed by atoms with E-state index in [0.717, 1.165) is 5.56 Å². The van der Waals surface area contributed by atoms with Gasteiger partial charge in [-0.15, -0.1) is 0 Å². The molecule has 0 bridgehead atoms. The second-order valence-corrected chi connectivity index (χ2v) is 3.21. The molecular weight excluding hydrogens is 192 g/mol. The highest BCUT2D eigenvalue weighted by Crippen LogP contribution is 2.15. The van der Waals surface area contributed by atoms with Crippen LogP contribution in [0.2, 0.25) is 0 Å². The number of nitrogens with two attached hydrogens (primary N) is 1. The maximum atomic E-state index is 9.15. The largest absolute Gasteiger partial charge is 0.506 e. The Morgan fingerprint density at radius 1 is 1.27 bits per heavy atom. The predicted octanol–water partition coefficient (Wildman–Crippen LogP) is 1.40. The van der Waals surface area contributed by atoms with Gasteiger partial charge in [0.2, 0.25) is 0 Å². The highest BCUT2D eigenvalue weighted by molar-refractivity contribution is 5.37. The van der Waals surface area contributed by atoms with Crippen molar-refractivity contribution in [2.24, 2.45) is 0 Å². The molecule has 4 nitrogen and oxygen atoms in total. The van der Waals surface area contributed by atoms with Gasteiger partial charge in [0, 0.05) is 6.07 Å². The number of hydrogen-bond donors (Lipinski definition) is 2. The molecule has 15 heavy (non-hydrogen) atoms. The van der Waals surface area contributed by atoms with E-state index in [9.17, 15) is 0 Å². The average molecular weight is 204 g/mol. The normalized spacial score (nSPS) is 10.1. The standard InChI is InChI=1S/C11H12N2O2/c12-11-6-10(14)7-13(11)15-8-9-4-2-1-3-5-9/h1-7,14H,8,12H2. The number of nitrogens with zero attached hydrogens (tertiary/aromatic N) is 1. The Labute approximate surface area is 87.5 Å². The lowest BCUT2D eigenvalue weighted by atomic mass is 10.2. The van der Waals surface area contributed by atoms with Crippen LogP contribution in [0, 0.1) is 0 Å². The minimum atomic E-state index is 0.0977. The molecule has 0 aliphatic rings.